The van der Waals surface area contributed by atoms with E-state index in [2.05, 4.69) is 8.37 Å². The number of alkyl halides is 6. The van der Waals surface area contributed by atoms with Gasteiger partial charge < -0.3 is 8.37 Å². The lowest BCUT2D eigenvalue weighted by Crippen LogP contribution is -2.61. The monoisotopic (exact) mass is 470 g/mol. The fourth-order valence-electron chi connectivity index (χ4n) is 4.08. The first-order valence-corrected chi connectivity index (χ1v) is 10.6. The maximum absolute atomic E-state index is 12.8. The van der Waals surface area contributed by atoms with Crippen LogP contribution in [0, 0.1) is 22.7 Å². The van der Waals surface area contributed by atoms with E-state index in [0.29, 0.717) is 0 Å². The highest BCUT2D eigenvalue weighted by Gasteiger charge is 2.68. The summed E-state index contributed by atoms with van der Waals surface area (Å²) in [6.45, 7) is 2.27. The fraction of sp³-hybridized carbons (Fsp3) is 0.643. The highest BCUT2D eigenvalue weighted by Crippen LogP contribution is 2.65. The van der Waals surface area contributed by atoms with Crippen LogP contribution >= 0.6 is 0 Å². The van der Waals surface area contributed by atoms with Crippen molar-refractivity contribution < 1.29 is 56.3 Å². The number of hydrogen-bond donors (Lipinski definition) is 0. The summed E-state index contributed by atoms with van der Waals surface area (Å²) in [4.78, 5) is 12.8. The summed E-state index contributed by atoms with van der Waals surface area (Å²) < 4.78 is 130. The maximum atomic E-state index is 12.8. The van der Waals surface area contributed by atoms with E-state index in [-0.39, 0.29) is 6.42 Å². The molecule has 0 N–H and O–H groups in total. The lowest BCUT2D eigenvalue weighted by molar-refractivity contribution is -0.149. The zero-order valence-electron chi connectivity index (χ0n) is 14.5. The average molecular weight is 470 g/mol. The number of halogens is 6. The minimum atomic E-state index is -6.05. The van der Waals surface area contributed by atoms with Crippen molar-refractivity contribution in [2.24, 2.45) is 22.7 Å². The highest BCUT2D eigenvalue weighted by atomic mass is 32.2. The molecule has 5 rings (SSSR count). The summed E-state index contributed by atoms with van der Waals surface area (Å²) in [5, 5.41) is 0. The Morgan fingerprint density at radius 2 is 1.14 bits per heavy atom. The molecule has 164 valence electrons. The summed E-state index contributed by atoms with van der Waals surface area (Å²) in [5.41, 5.74) is -15.1. The summed E-state index contributed by atoms with van der Waals surface area (Å²) in [7, 11) is -12.1. The number of allylic oxidation sites excluding steroid dienone is 4. The number of carbonyl (C=O) groups is 1. The molecule has 5 aliphatic rings. The molecule has 4 bridgehead atoms. The van der Waals surface area contributed by atoms with E-state index in [0.717, 1.165) is 26.0 Å². The molecular formula is C14H12F6O7S2. The van der Waals surface area contributed by atoms with Gasteiger partial charge in [0.25, 0.3) is 0 Å². The molecule has 4 atom stereocenters. The Kier molecular flexibility index (Phi) is 4.29. The van der Waals surface area contributed by atoms with Gasteiger partial charge in [-0.1, -0.05) is 0 Å². The summed E-state index contributed by atoms with van der Waals surface area (Å²) in [5.74, 6) is -4.53. The van der Waals surface area contributed by atoms with Crippen LogP contribution in [-0.2, 0) is 33.4 Å². The molecule has 0 amide bonds. The van der Waals surface area contributed by atoms with Crippen LogP contribution < -0.4 is 0 Å². The van der Waals surface area contributed by atoms with Crippen LogP contribution in [0.2, 0.25) is 0 Å². The Morgan fingerprint density at radius 1 is 0.828 bits per heavy atom. The first-order chi connectivity index (χ1) is 12.8. The first-order valence-electron chi connectivity index (χ1n) is 7.78. The number of rotatable bonds is 4. The molecule has 0 radical (unpaired) electrons. The van der Waals surface area contributed by atoms with Crippen LogP contribution in [0.15, 0.2) is 23.7 Å². The van der Waals surface area contributed by atoms with Gasteiger partial charge in [-0.3, -0.25) is 4.79 Å². The summed E-state index contributed by atoms with van der Waals surface area (Å²) >= 11 is 0. The van der Waals surface area contributed by atoms with Crippen LogP contribution in [0.3, 0.4) is 0 Å². The number of ketones is 1. The highest BCUT2D eigenvalue weighted by molar-refractivity contribution is 7.88. The molecule has 4 unspecified atom stereocenters. The van der Waals surface area contributed by atoms with E-state index in [1.165, 1.54) is 0 Å². The van der Waals surface area contributed by atoms with E-state index in [4.69, 9.17) is 0 Å². The van der Waals surface area contributed by atoms with Crippen molar-refractivity contribution in [3.8, 4) is 0 Å². The molecular weight excluding hydrogens is 458 g/mol. The first kappa shape index (κ1) is 21.9. The van der Waals surface area contributed by atoms with Crippen LogP contribution in [-0.4, -0.2) is 33.6 Å². The van der Waals surface area contributed by atoms with Gasteiger partial charge in [0.1, 0.15) is 11.5 Å². The topological polar surface area (TPSA) is 104 Å². The van der Waals surface area contributed by atoms with Crippen molar-refractivity contribution in [1.29, 1.82) is 0 Å². The second kappa shape index (κ2) is 5.68. The molecule has 0 aromatic heterocycles. The lowest BCUT2D eigenvalue weighted by atomic mass is 9.45. The van der Waals surface area contributed by atoms with E-state index in [9.17, 15) is 48.0 Å². The van der Waals surface area contributed by atoms with Crippen LogP contribution in [0.5, 0.6) is 0 Å². The van der Waals surface area contributed by atoms with Gasteiger partial charge in [-0.15, -0.1) is 0 Å². The molecule has 0 heterocycles. The molecule has 0 spiro atoms. The van der Waals surface area contributed by atoms with Crippen LogP contribution in [0.1, 0.15) is 20.3 Å². The second-order valence-electron chi connectivity index (χ2n) is 7.30. The Bertz CT molecular complexity index is 971. The third-order valence-electron chi connectivity index (χ3n) is 5.45. The van der Waals surface area contributed by atoms with E-state index in [1.807, 2.05) is 0 Å². The Hall–Kier alpha value is -1.77. The molecule has 29 heavy (non-hydrogen) atoms. The Balaban J connectivity index is 2.04. The fourth-order valence-corrected chi connectivity index (χ4v) is 5.11. The van der Waals surface area contributed by atoms with Crippen LogP contribution in [0.25, 0.3) is 0 Å². The molecule has 7 nitrogen and oxygen atoms in total. The molecule has 1 fully saturated rings. The smallest absolute Gasteiger partial charge is 0.381 e. The quantitative estimate of drug-likeness (QED) is 0.354. The predicted octanol–water partition coefficient (Wildman–Crippen LogP) is 2.73. The second-order valence-corrected chi connectivity index (χ2v) is 10.4. The van der Waals surface area contributed by atoms with Gasteiger partial charge in [-0.25, -0.2) is 0 Å². The Labute approximate surface area is 160 Å². The van der Waals surface area contributed by atoms with E-state index < -0.39 is 71.2 Å². The van der Waals surface area contributed by atoms with Gasteiger partial charge in [0.15, 0.2) is 5.78 Å². The molecule has 15 heteroatoms. The van der Waals surface area contributed by atoms with Gasteiger partial charge in [-0.05, 0) is 32.4 Å². The molecule has 1 saturated carbocycles. The van der Waals surface area contributed by atoms with Gasteiger partial charge in [-0.2, -0.15) is 43.2 Å². The normalized spacial score (nSPS) is 34.7. The number of carbonyl (C=O) groups excluding carboxylic acids is 1. The number of Topliss-reactive ketones (excluding diaryl/α,β-unsaturated/α-hetero) is 1. The van der Waals surface area contributed by atoms with Gasteiger partial charge >= 0.3 is 31.3 Å². The molecule has 0 saturated heterocycles. The third-order valence-corrected chi connectivity index (χ3v) is 7.41. The van der Waals surface area contributed by atoms with Crippen LogP contribution in [0.4, 0.5) is 26.3 Å². The zero-order valence-corrected chi connectivity index (χ0v) is 16.1. The van der Waals surface area contributed by atoms with Gasteiger partial charge in [0.2, 0.25) is 0 Å². The number of hydrogen-bond acceptors (Lipinski definition) is 7. The van der Waals surface area contributed by atoms with Gasteiger partial charge in [0, 0.05) is 11.8 Å². The minimum Gasteiger partial charge on any atom is -0.381 e. The lowest BCUT2D eigenvalue weighted by Gasteiger charge is -2.57. The molecule has 0 aromatic carbocycles. The standard InChI is InChI=1S/C14H12F6O7S2/c1-11-4-8(26-28(22,23)13(15,16)17)7-3-6(11)9(5-12(7,2)10(11)21)27-29(24,25)14(18,19)20/h4-7H,3H2,1-2H3. The molecule has 5 aliphatic carbocycles. The van der Waals surface area contributed by atoms with Crippen molar-refractivity contribution in [2.75, 3.05) is 0 Å². The van der Waals surface area contributed by atoms with Crippen molar-refractivity contribution >= 4 is 26.0 Å². The molecule has 0 aromatic rings. The SMILES string of the molecule is CC12C=C(OS(=O)(=O)C(F)(F)F)C3CC1C(OS(=O)(=O)C(F)(F)F)=CC3(C)C2=O. The summed E-state index contributed by atoms with van der Waals surface area (Å²) in [6.07, 6.45) is 1.20. The van der Waals surface area contributed by atoms with Crippen molar-refractivity contribution in [3.05, 3.63) is 23.7 Å². The third kappa shape index (κ3) is 2.95. The maximum Gasteiger partial charge on any atom is 0.534 e. The Morgan fingerprint density at radius 3 is 1.41 bits per heavy atom. The average Bonchev–Trinajstić information content (AvgIpc) is 2.48. The molecule has 0 aliphatic heterocycles. The van der Waals surface area contributed by atoms with E-state index in [1.54, 1.807) is 0 Å². The van der Waals surface area contributed by atoms with E-state index >= 15 is 0 Å². The minimum absolute atomic E-state index is 0.350. The summed E-state index contributed by atoms with van der Waals surface area (Å²) in [6, 6.07) is 0. The predicted molar refractivity (Wildman–Crippen MR) is 81.1 cm³/mol. The largest absolute Gasteiger partial charge is 0.534 e. The zero-order chi connectivity index (χ0) is 22.4. The van der Waals surface area contributed by atoms with Crippen molar-refractivity contribution in [2.45, 2.75) is 31.3 Å². The van der Waals surface area contributed by atoms with Crippen molar-refractivity contribution in [3.63, 3.8) is 0 Å². The van der Waals surface area contributed by atoms with Crippen molar-refractivity contribution in [1.82, 2.24) is 0 Å². The van der Waals surface area contributed by atoms with Gasteiger partial charge in [0.05, 0.1) is 10.8 Å².